The number of aliphatic carboxylic acids is 1. The smallest absolute Gasteiger partial charge is 0.335 e. The second-order valence-electron chi connectivity index (χ2n) is 7.92. The summed E-state index contributed by atoms with van der Waals surface area (Å²) in [5.74, 6) is -0.758. The molecule has 0 aromatic heterocycles. The minimum absolute atomic E-state index is 0.194. The topological polar surface area (TPSA) is 152 Å². The number of benzene rings is 2. The highest BCUT2D eigenvalue weighted by molar-refractivity contribution is 6.39. The highest BCUT2D eigenvalue weighted by atomic mass is 35.5. The summed E-state index contributed by atoms with van der Waals surface area (Å²) in [5.41, 5.74) is 7.60. The molecular weight excluding hydrogens is 477 g/mol. The van der Waals surface area contributed by atoms with Crippen LogP contribution in [-0.4, -0.2) is 69.8 Å². The van der Waals surface area contributed by atoms with E-state index in [1.807, 2.05) is 0 Å². The van der Waals surface area contributed by atoms with E-state index in [4.69, 9.17) is 43.1 Å². The zero-order valence-corrected chi connectivity index (χ0v) is 18.7. The van der Waals surface area contributed by atoms with Crippen LogP contribution in [0.15, 0.2) is 30.3 Å². The predicted octanol–water partition coefficient (Wildman–Crippen LogP) is 1.58. The van der Waals surface area contributed by atoms with Crippen molar-refractivity contribution in [2.24, 2.45) is 5.73 Å². The van der Waals surface area contributed by atoms with E-state index in [-0.39, 0.29) is 11.9 Å². The second-order valence-corrected chi connectivity index (χ2v) is 8.74. The van der Waals surface area contributed by atoms with Crippen LogP contribution in [0.2, 0.25) is 10.0 Å². The van der Waals surface area contributed by atoms with E-state index >= 15 is 0 Å². The summed E-state index contributed by atoms with van der Waals surface area (Å²) in [6, 6.07) is 8.30. The lowest BCUT2D eigenvalue weighted by atomic mass is 9.94. The molecule has 33 heavy (non-hydrogen) atoms. The molecule has 4 rings (SSSR count). The Hall–Kier alpha value is -2.11. The molecule has 0 saturated carbocycles. The van der Waals surface area contributed by atoms with Crippen LogP contribution in [0.1, 0.15) is 12.0 Å². The standard InChI is InChI=1S/C22H23Cl2NO8/c23-13-2-1-3-14(24)15(13)12-7-11(6-9-4-5-10(8-25)31-19(9)12)32-22-18(28)16(26)17(27)20(33-22)21(29)30/h1-3,6-7,10,16-18,20,22,26-28H,4-5,8,25H2,(H,29,30)/t10-,16?,17?,18?,20?,22?/m1/s1. The first-order chi connectivity index (χ1) is 15.7. The highest BCUT2D eigenvalue weighted by Gasteiger charge is 2.48. The Bertz CT molecular complexity index is 1030. The van der Waals surface area contributed by atoms with Gasteiger partial charge < -0.3 is 40.4 Å². The summed E-state index contributed by atoms with van der Waals surface area (Å²) >= 11 is 12.9. The van der Waals surface area contributed by atoms with Crippen LogP contribution in [-0.2, 0) is 16.0 Å². The van der Waals surface area contributed by atoms with Gasteiger partial charge in [-0.1, -0.05) is 29.3 Å². The minimum atomic E-state index is -1.82. The van der Waals surface area contributed by atoms with Crippen LogP contribution in [0.25, 0.3) is 11.1 Å². The molecule has 2 heterocycles. The molecule has 2 aliphatic rings. The third-order valence-electron chi connectivity index (χ3n) is 5.72. The number of hydrogen-bond donors (Lipinski definition) is 5. The quantitative estimate of drug-likeness (QED) is 0.412. The maximum atomic E-state index is 11.4. The van der Waals surface area contributed by atoms with Crippen LogP contribution in [0.4, 0.5) is 0 Å². The first-order valence-electron chi connectivity index (χ1n) is 10.3. The summed E-state index contributed by atoms with van der Waals surface area (Å²) < 4.78 is 17.1. The van der Waals surface area contributed by atoms with E-state index in [0.29, 0.717) is 46.3 Å². The summed E-state index contributed by atoms with van der Waals surface area (Å²) in [7, 11) is 0. The van der Waals surface area contributed by atoms with Crippen molar-refractivity contribution in [3.05, 3.63) is 45.9 Å². The number of nitrogens with two attached hydrogens (primary N) is 1. The average molecular weight is 500 g/mol. The Morgan fingerprint density at radius 3 is 2.45 bits per heavy atom. The number of ether oxygens (including phenoxy) is 3. The van der Waals surface area contributed by atoms with Gasteiger partial charge in [0, 0.05) is 17.7 Å². The Balaban J connectivity index is 1.75. The lowest BCUT2D eigenvalue weighted by molar-refractivity contribution is -0.271. The van der Waals surface area contributed by atoms with E-state index in [1.54, 1.807) is 30.3 Å². The third kappa shape index (κ3) is 4.63. The molecule has 0 spiro atoms. The molecule has 6 N–H and O–H groups in total. The predicted molar refractivity (Wildman–Crippen MR) is 119 cm³/mol. The Morgan fingerprint density at radius 1 is 1.12 bits per heavy atom. The van der Waals surface area contributed by atoms with Gasteiger partial charge in [0.15, 0.2) is 6.10 Å². The van der Waals surface area contributed by atoms with E-state index in [9.17, 15) is 25.2 Å². The zero-order valence-electron chi connectivity index (χ0n) is 17.2. The van der Waals surface area contributed by atoms with Crippen molar-refractivity contribution < 1.29 is 39.4 Å². The van der Waals surface area contributed by atoms with Gasteiger partial charge in [0.25, 0.3) is 0 Å². The number of carbonyl (C=O) groups is 1. The van der Waals surface area contributed by atoms with Gasteiger partial charge in [-0.25, -0.2) is 4.79 Å². The molecule has 11 heteroatoms. The Labute approximate surface area is 199 Å². The summed E-state index contributed by atoms with van der Waals surface area (Å²) in [5, 5.41) is 40.3. The van der Waals surface area contributed by atoms with E-state index in [0.717, 1.165) is 5.56 Å². The van der Waals surface area contributed by atoms with Gasteiger partial charge in [-0.15, -0.1) is 0 Å². The van der Waals surface area contributed by atoms with Crippen molar-refractivity contribution in [2.75, 3.05) is 6.54 Å². The molecule has 2 aromatic rings. The number of aliphatic hydroxyl groups is 3. The van der Waals surface area contributed by atoms with E-state index in [1.165, 1.54) is 0 Å². The maximum absolute atomic E-state index is 11.4. The summed E-state index contributed by atoms with van der Waals surface area (Å²) in [4.78, 5) is 11.4. The highest BCUT2D eigenvalue weighted by Crippen LogP contribution is 2.46. The number of hydrogen-bond acceptors (Lipinski definition) is 8. The lowest BCUT2D eigenvalue weighted by Crippen LogP contribution is -2.61. The number of carboxylic acids is 1. The van der Waals surface area contributed by atoms with Crippen molar-refractivity contribution in [3.63, 3.8) is 0 Å². The number of aryl methyl sites for hydroxylation is 1. The third-order valence-corrected chi connectivity index (χ3v) is 6.35. The number of rotatable bonds is 5. The summed E-state index contributed by atoms with van der Waals surface area (Å²) in [6.45, 7) is 0.326. The first-order valence-corrected chi connectivity index (χ1v) is 11.0. The number of aliphatic hydroxyl groups excluding tert-OH is 3. The van der Waals surface area contributed by atoms with Crippen molar-refractivity contribution in [2.45, 2.75) is 49.7 Å². The molecular formula is C22H23Cl2NO8. The molecule has 6 atom stereocenters. The zero-order chi connectivity index (χ0) is 23.9. The number of carboxylic acid groups (broad SMARTS) is 1. The van der Waals surface area contributed by atoms with Gasteiger partial charge in [-0.2, -0.15) is 0 Å². The lowest BCUT2D eigenvalue weighted by Gasteiger charge is -2.38. The fourth-order valence-electron chi connectivity index (χ4n) is 3.98. The monoisotopic (exact) mass is 499 g/mol. The SMILES string of the molecule is NC[C@H]1CCc2cc(OC3OC(C(=O)O)C(O)C(O)C3O)cc(-c3c(Cl)cccc3Cl)c2O1. The molecule has 5 unspecified atom stereocenters. The molecule has 0 amide bonds. The molecule has 0 aliphatic carbocycles. The van der Waals surface area contributed by atoms with Crippen LogP contribution in [0.5, 0.6) is 11.5 Å². The molecule has 1 fully saturated rings. The normalized spacial score (nSPS) is 29.2. The molecule has 0 bridgehead atoms. The fraction of sp³-hybridized carbons (Fsp3) is 0.409. The van der Waals surface area contributed by atoms with Gasteiger partial charge in [-0.3, -0.25) is 0 Å². The molecule has 2 aromatic carbocycles. The molecule has 9 nitrogen and oxygen atoms in total. The van der Waals surface area contributed by atoms with Crippen LogP contribution >= 0.6 is 23.2 Å². The van der Waals surface area contributed by atoms with Crippen molar-refractivity contribution in [1.29, 1.82) is 0 Å². The molecule has 2 aliphatic heterocycles. The Morgan fingerprint density at radius 2 is 1.82 bits per heavy atom. The van der Waals surface area contributed by atoms with Gasteiger partial charge in [-0.05, 0) is 42.7 Å². The molecule has 178 valence electrons. The van der Waals surface area contributed by atoms with Crippen molar-refractivity contribution >= 4 is 29.2 Å². The average Bonchev–Trinajstić information content (AvgIpc) is 2.78. The maximum Gasteiger partial charge on any atom is 0.335 e. The van der Waals surface area contributed by atoms with Gasteiger partial charge in [0.2, 0.25) is 6.29 Å². The summed E-state index contributed by atoms with van der Waals surface area (Å²) in [6.07, 6.45) is -7.56. The molecule has 1 saturated heterocycles. The second kappa shape index (κ2) is 9.63. The van der Waals surface area contributed by atoms with E-state index < -0.39 is 36.7 Å². The Kier molecular flexibility index (Phi) is 7.01. The van der Waals surface area contributed by atoms with Gasteiger partial charge in [0.05, 0.1) is 10.0 Å². The van der Waals surface area contributed by atoms with Crippen molar-refractivity contribution in [1.82, 2.24) is 0 Å². The molecule has 0 radical (unpaired) electrons. The first kappa shape index (κ1) is 24.0. The van der Waals surface area contributed by atoms with Gasteiger partial charge in [0.1, 0.15) is 35.9 Å². The minimum Gasteiger partial charge on any atom is -0.488 e. The largest absolute Gasteiger partial charge is 0.488 e. The van der Waals surface area contributed by atoms with E-state index in [2.05, 4.69) is 0 Å². The number of fused-ring (bicyclic) bond motifs is 1. The fourth-order valence-corrected chi connectivity index (χ4v) is 4.59. The van der Waals surface area contributed by atoms with Gasteiger partial charge >= 0.3 is 5.97 Å². The van der Waals surface area contributed by atoms with Crippen LogP contribution in [0, 0.1) is 0 Å². The van der Waals surface area contributed by atoms with Crippen molar-refractivity contribution in [3.8, 4) is 22.6 Å². The van der Waals surface area contributed by atoms with Crippen LogP contribution < -0.4 is 15.2 Å². The number of halogens is 2. The van der Waals surface area contributed by atoms with Crippen LogP contribution in [0.3, 0.4) is 0 Å².